The average molecular weight is 186 g/mol. The Morgan fingerprint density at radius 1 is 1.33 bits per heavy atom. The van der Waals surface area contributed by atoms with E-state index in [4.69, 9.17) is 0 Å². The summed E-state index contributed by atoms with van der Waals surface area (Å²) in [4.78, 5) is 2.79. The minimum absolute atomic E-state index is 0.661. The van der Waals surface area contributed by atoms with Crippen LogP contribution in [-0.4, -0.2) is 0 Å². The van der Waals surface area contributed by atoms with E-state index in [-0.39, 0.29) is 0 Å². The van der Waals surface area contributed by atoms with Crippen LogP contribution in [0.4, 0.5) is 0 Å². The standard InChI is InChI=1S/C8H10Br/c9-7-6-8-4-2-1-3-5-8/h1,8H,2-5H2. The number of halogens is 1. The lowest BCUT2D eigenvalue weighted by atomic mass is 9.90. The van der Waals surface area contributed by atoms with Gasteiger partial charge in [0, 0.05) is 21.8 Å². The van der Waals surface area contributed by atoms with Gasteiger partial charge in [-0.05, 0) is 36.9 Å². The van der Waals surface area contributed by atoms with Crippen molar-refractivity contribution in [3.63, 3.8) is 0 Å². The van der Waals surface area contributed by atoms with E-state index in [9.17, 15) is 0 Å². The van der Waals surface area contributed by atoms with Crippen molar-refractivity contribution in [1.29, 1.82) is 0 Å². The van der Waals surface area contributed by atoms with Crippen LogP contribution in [0.2, 0.25) is 0 Å². The number of hydrogen-bond donors (Lipinski definition) is 0. The van der Waals surface area contributed by atoms with E-state index in [1.807, 2.05) is 0 Å². The second-order valence-electron chi connectivity index (χ2n) is 2.38. The first-order valence-electron chi connectivity index (χ1n) is 3.36. The number of hydrogen-bond acceptors (Lipinski definition) is 0. The van der Waals surface area contributed by atoms with Crippen molar-refractivity contribution in [2.24, 2.45) is 5.92 Å². The normalized spacial score (nSPS) is 20.6. The number of rotatable bonds is 0. The third kappa shape index (κ3) is 2.41. The molecule has 1 rings (SSSR count). The first-order valence-corrected chi connectivity index (χ1v) is 4.15. The van der Waals surface area contributed by atoms with Gasteiger partial charge in [-0.3, -0.25) is 0 Å². The van der Waals surface area contributed by atoms with Gasteiger partial charge in [0.15, 0.2) is 0 Å². The Balaban J connectivity index is 2.28. The smallest absolute Gasteiger partial charge is 0.0212 e. The lowest BCUT2D eigenvalue weighted by Crippen LogP contribution is -2.03. The summed E-state index contributed by atoms with van der Waals surface area (Å²) < 4.78 is 0. The summed E-state index contributed by atoms with van der Waals surface area (Å²) in [5.74, 6) is 3.79. The van der Waals surface area contributed by atoms with Gasteiger partial charge in [0.05, 0.1) is 0 Å². The van der Waals surface area contributed by atoms with Crippen LogP contribution < -0.4 is 0 Å². The maximum Gasteiger partial charge on any atom is 0.0212 e. The molecule has 1 aliphatic rings. The molecule has 0 bridgehead atoms. The molecule has 0 aromatic rings. The molecule has 0 unspecified atom stereocenters. The molecule has 9 heavy (non-hydrogen) atoms. The van der Waals surface area contributed by atoms with E-state index in [2.05, 4.69) is 33.1 Å². The van der Waals surface area contributed by atoms with E-state index < -0.39 is 0 Å². The molecule has 0 heterocycles. The predicted octanol–water partition coefficient (Wildman–Crippen LogP) is 2.74. The van der Waals surface area contributed by atoms with Crippen molar-refractivity contribution < 1.29 is 0 Å². The van der Waals surface area contributed by atoms with Gasteiger partial charge in [-0.15, -0.1) is 0 Å². The summed E-state index contributed by atoms with van der Waals surface area (Å²) in [5.41, 5.74) is 0. The molecule has 1 radical (unpaired) electrons. The molecule has 1 saturated carbocycles. The van der Waals surface area contributed by atoms with Crippen molar-refractivity contribution in [3.05, 3.63) is 6.42 Å². The van der Waals surface area contributed by atoms with Crippen LogP contribution in [0.3, 0.4) is 0 Å². The zero-order valence-corrected chi connectivity index (χ0v) is 6.95. The molecule has 0 atom stereocenters. The fourth-order valence-electron chi connectivity index (χ4n) is 1.15. The van der Waals surface area contributed by atoms with Crippen LogP contribution in [-0.2, 0) is 0 Å². The van der Waals surface area contributed by atoms with Crippen molar-refractivity contribution in [2.75, 3.05) is 0 Å². The Hall–Kier alpha value is 0.0400. The minimum Gasteiger partial charge on any atom is -0.0874 e. The molecule has 1 heteroatoms. The fraction of sp³-hybridized carbons (Fsp3) is 0.625. The van der Waals surface area contributed by atoms with Crippen LogP contribution in [0, 0.1) is 23.1 Å². The Kier molecular flexibility index (Phi) is 3.14. The predicted molar refractivity (Wildman–Crippen MR) is 43.0 cm³/mol. The van der Waals surface area contributed by atoms with Crippen LogP contribution in [0.1, 0.15) is 25.7 Å². The van der Waals surface area contributed by atoms with E-state index in [1.54, 1.807) is 0 Å². The highest BCUT2D eigenvalue weighted by atomic mass is 79.9. The van der Waals surface area contributed by atoms with Crippen LogP contribution in [0.15, 0.2) is 0 Å². The summed E-state index contributed by atoms with van der Waals surface area (Å²) >= 11 is 3.11. The Morgan fingerprint density at radius 3 is 2.56 bits per heavy atom. The van der Waals surface area contributed by atoms with Crippen molar-refractivity contribution in [2.45, 2.75) is 25.7 Å². The van der Waals surface area contributed by atoms with Crippen molar-refractivity contribution in [3.8, 4) is 10.8 Å². The molecule has 0 aromatic carbocycles. The van der Waals surface area contributed by atoms with Gasteiger partial charge >= 0.3 is 0 Å². The van der Waals surface area contributed by atoms with Gasteiger partial charge in [-0.1, -0.05) is 5.92 Å². The highest BCUT2D eigenvalue weighted by Crippen LogP contribution is 2.21. The van der Waals surface area contributed by atoms with E-state index >= 15 is 0 Å². The van der Waals surface area contributed by atoms with Gasteiger partial charge in [0.25, 0.3) is 0 Å². The molecular formula is C8H10Br. The zero-order valence-electron chi connectivity index (χ0n) is 5.36. The lowest BCUT2D eigenvalue weighted by molar-refractivity contribution is 0.497. The zero-order chi connectivity index (χ0) is 6.53. The van der Waals surface area contributed by atoms with Gasteiger partial charge < -0.3 is 0 Å². The summed E-state index contributed by atoms with van der Waals surface area (Å²) in [6, 6.07) is 0. The maximum atomic E-state index is 3.13. The second-order valence-corrected chi connectivity index (χ2v) is 2.78. The Morgan fingerprint density at radius 2 is 2.00 bits per heavy atom. The van der Waals surface area contributed by atoms with Gasteiger partial charge in [-0.25, -0.2) is 0 Å². The molecule has 0 aromatic heterocycles. The Labute approximate surface area is 65.2 Å². The molecule has 0 N–H and O–H groups in total. The van der Waals surface area contributed by atoms with E-state index in [0.717, 1.165) is 0 Å². The minimum atomic E-state index is 0.661. The first-order chi connectivity index (χ1) is 4.43. The maximum absolute atomic E-state index is 3.13. The third-order valence-electron chi connectivity index (χ3n) is 1.70. The molecular weight excluding hydrogens is 176 g/mol. The Bertz CT molecular complexity index is 123. The molecule has 1 fully saturated rings. The van der Waals surface area contributed by atoms with Crippen molar-refractivity contribution in [1.82, 2.24) is 0 Å². The van der Waals surface area contributed by atoms with Gasteiger partial charge in [0.2, 0.25) is 0 Å². The fourth-order valence-corrected chi connectivity index (χ4v) is 1.47. The lowest BCUT2D eigenvalue weighted by Gasteiger charge is -2.14. The first kappa shape index (κ1) is 7.15. The average Bonchev–Trinajstić information content (AvgIpc) is 1.91. The molecule has 1 aliphatic carbocycles. The van der Waals surface area contributed by atoms with Gasteiger partial charge in [0.1, 0.15) is 0 Å². The monoisotopic (exact) mass is 185 g/mol. The van der Waals surface area contributed by atoms with Crippen LogP contribution in [0.5, 0.6) is 0 Å². The quantitative estimate of drug-likeness (QED) is 0.510. The largest absolute Gasteiger partial charge is 0.0874 e. The summed E-state index contributed by atoms with van der Waals surface area (Å²) in [7, 11) is 0. The van der Waals surface area contributed by atoms with Crippen LogP contribution >= 0.6 is 15.9 Å². The van der Waals surface area contributed by atoms with Crippen LogP contribution in [0.25, 0.3) is 0 Å². The van der Waals surface area contributed by atoms with E-state index in [1.165, 1.54) is 25.7 Å². The summed E-state index contributed by atoms with van der Waals surface area (Å²) in [5, 5.41) is 0. The summed E-state index contributed by atoms with van der Waals surface area (Å²) in [6.45, 7) is 0. The molecule has 0 aliphatic heterocycles. The SMILES string of the molecule is BrC#CC1CC[CH]CC1. The van der Waals surface area contributed by atoms with Gasteiger partial charge in [-0.2, -0.15) is 0 Å². The summed E-state index contributed by atoms with van der Waals surface area (Å²) in [6.07, 6.45) is 7.39. The molecule has 0 saturated heterocycles. The molecule has 0 amide bonds. The molecule has 0 spiro atoms. The second kappa shape index (κ2) is 3.95. The van der Waals surface area contributed by atoms with E-state index in [0.29, 0.717) is 5.92 Å². The van der Waals surface area contributed by atoms with Crippen molar-refractivity contribution >= 4 is 15.9 Å². The molecule has 0 nitrogen and oxygen atoms in total. The topological polar surface area (TPSA) is 0 Å². The highest BCUT2D eigenvalue weighted by Gasteiger charge is 2.09. The third-order valence-corrected chi connectivity index (χ3v) is 1.93. The highest BCUT2D eigenvalue weighted by molar-refractivity contribution is 9.12. The molecule has 49 valence electrons.